The summed E-state index contributed by atoms with van der Waals surface area (Å²) in [6.45, 7) is 4.45. The molecule has 144 valence electrons. The van der Waals surface area contributed by atoms with E-state index in [-0.39, 0.29) is 11.7 Å². The Bertz CT molecular complexity index is 809. The maximum Gasteiger partial charge on any atom is 0.341 e. The minimum absolute atomic E-state index is 0.178. The second-order valence-corrected chi connectivity index (χ2v) is 6.09. The van der Waals surface area contributed by atoms with Crippen molar-refractivity contribution in [2.24, 2.45) is 0 Å². The highest BCUT2D eigenvalue weighted by Gasteiger charge is 2.18. The number of ether oxygens (including phenoxy) is 2. The Morgan fingerprint density at radius 3 is 2.44 bits per heavy atom. The first-order valence-electron chi connectivity index (χ1n) is 8.60. The molecule has 0 heterocycles. The van der Waals surface area contributed by atoms with E-state index in [0.29, 0.717) is 36.0 Å². The number of nitrogens with zero attached hydrogens (tertiary/aromatic N) is 1. The number of benzene rings is 2. The molecular weight excluding hydrogens is 370 g/mol. The minimum atomic E-state index is -1.09. The lowest BCUT2D eigenvalue weighted by molar-refractivity contribution is -0.139. The van der Waals surface area contributed by atoms with Crippen LogP contribution in [-0.4, -0.2) is 41.6 Å². The average molecular weight is 392 g/mol. The van der Waals surface area contributed by atoms with E-state index in [2.05, 4.69) is 0 Å². The Kier molecular flexibility index (Phi) is 7.49. The summed E-state index contributed by atoms with van der Waals surface area (Å²) in [6, 6.07) is 12.1. The molecule has 0 spiro atoms. The summed E-state index contributed by atoms with van der Waals surface area (Å²) in [6.07, 6.45) is 0. The number of rotatable bonds is 9. The molecular formula is C20H22ClNO5. The molecule has 2 rings (SSSR count). The van der Waals surface area contributed by atoms with Gasteiger partial charge in [-0.25, -0.2) is 4.79 Å². The normalized spacial score (nSPS) is 10.3. The Hall–Kier alpha value is -2.73. The third-order valence-electron chi connectivity index (χ3n) is 3.83. The number of carbonyl (C=O) groups is 2. The van der Waals surface area contributed by atoms with Gasteiger partial charge in [-0.3, -0.25) is 4.79 Å². The number of hydrogen-bond acceptors (Lipinski definition) is 4. The van der Waals surface area contributed by atoms with E-state index >= 15 is 0 Å². The summed E-state index contributed by atoms with van der Waals surface area (Å²) in [5.41, 5.74) is 1.29. The van der Waals surface area contributed by atoms with Crippen LogP contribution in [0, 0.1) is 0 Å². The van der Waals surface area contributed by atoms with Crippen molar-refractivity contribution in [1.29, 1.82) is 0 Å². The molecule has 0 saturated carbocycles. The predicted molar refractivity (Wildman–Crippen MR) is 103 cm³/mol. The van der Waals surface area contributed by atoms with Crippen molar-refractivity contribution in [2.45, 2.75) is 20.4 Å². The Morgan fingerprint density at radius 2 is 1.81 bits per heavy atom. The molecule has 0 unspecified atom stereocenters. The quantitative estimate of drug-likeness (QED) is 0.702. The molecule has 0 aliphatic carbocycles. The van der Waals surface area contributed by atoms with Gasteiger partial charge in [0.05, 0.1) is 6.61 Å². The second-order valence-electron chi connectivity index (χ2n) is 5.69. The van der Waals surface area contributed by atoms with Crippen LogP contribution >= 0.6 is 11.6 Å². The van der Waals surface area contributed by atoms with Gasteiger partial charge >= 0.3 is 5.97 Å². The molecule has 0 atom stereocenters. The molecule has 6 nitrogen and oxygen atoms in total. The fourth-order valence-corrected chi connectivity index (χ4v) is 2.71. The molecule has 7 heteroatoms. The van der Waals surface area contributed by atoms with Crippen LogP contribution in [0.15, 0.2) is 42.5 Å². The average Bonchev–Trinajstić information content (AvgIpc) is 2.66. The summed E-state index contributed by atoms with van der Waals surface area (Å²) >= 11 is 6.20. The molecule has 0 aliphatic heterocycles. The number of hydrogen-bond donors (Lipinski definition) is 1. The van der Waals surface area contributed by atoms with Crippen molar-refractivity contribution < 1.29 is 24.2 Å². The van der Waals surface area contributed by atoms with Crippen LogP contribution in [0.3, 0.4) is 0 Å². The van der Waals surface area contributed by atoms with E-state index in [0.717, 1.165) is 5.56 Å². The molecule has 0 radical (unpaired) electrons. The molecule has 0 aliphatic rings. The van der Waals surface area contributed by atoms with Crippen molar-refractivity contribution in [3.05, 3.63) is 58.6 Å². The van der Waals surface area contributed by atoms with Crippen molar-refractivity contribution in [3.8, 4) is 11.5 Å². The first kappa shape index (κ1) is 20.6. The fourth-order valence-electron chi connectivity index (χ4n) is 2.51. The van der Waals surface area contributed by atoms with E-state index in [1.54, 1.807) is 36.1 Å². The molecule has 27 heavy (non-hydrogen) atoms. The van der Waals surface area contributed by atoms with Gasteiger partial charge in [0, 0.05) is 23.7 Å². The molecule has 1 N–H and O–H groups in total. The summed E-state index contributed by atoms with van der Waals surface area (Å²) in [7, 11) is 0. The summed E-state index contributed by atoms with van der Waals surface area (Å²) in [5, 5.41) is 9.38. The van der Waals surface area contributed by atoms with Gasteiger partial charge in [-0.15, -0.1) is 0 Å². The lowest BCUT2D eigenvalue weighted by Gasteiger charge is -2.22. The fraction of sp³-hybridized carbons (Fsp3) is 0.300. The van der Waals surface area contributed by atoms with E-state index < -0.39 is 12.6 Å². The van der Waals surface area contributed by atoms with Gasteiger partial charge in [-0.1, -0.05) is 29.8 Å². The number of halogens is 1. The van der Waals surface area contributed by atoms with Crippen molar-refractivity contribution in [2.75, 3.05) is 19.8 Å². The number of carboxylic acids is 1. The number of amides is 1. The molecule has 2 aromatic carbocycles. The van der Waals surface area contributed by atoms with Gasteiger partial charge in [0.15, 0.2) is 18.1 Å². The van der Waals surface area contributed by atoms with Gasteiger partial charge in [-0.2, -0.15) is 0 Å². The zero-order valence-electron chi connectivity index (χ0n) is 15.3. The molecule has 0 bridgehead atoms. The second kappa shape index (κ2) is 9.83. The molecule has 0 aromatic heterocycles. The van der Waals surface area contributed by atoms with Gasteiger partial charge in [0.25, 0.3) is 5.91 Å². The SMILES string of the molecule is CCOc1cc(C(=O)N(CC)Cc2ccccc2Cl)ccc1OCC(=O)O. The maximum absolute atomic E-state index is 12.9. The summed E-state index contributed by atoms with van der Waals surface area (Å²) in [5.74, 6) is -0.652. The maximum atomic E-state index is 12.9. The third kappa shape index (κ3) is 5.62. The summed E-state index contributed by atoms with van der Waals surface area (Å²) in [4.78, 5) is 25.3. The van der Waals surface area contributed by atoms with E-state index in [9.17, 15) is 9.59 Å². The molecule has 0 fully saturated rings. The van der Waals surface area contributed by atoms with Gasteiger partial charge in [0.2, 0.25) is 0 Å². The highest BCUT2D eigenvalue weighted by molar-refractivity contribution is 6.31. The van der Waals surface area contributed by atoms with E-state index in [1.165, 1.54) is 0 Å². The summed E-state index contributed by atoms with van der Waals surface area (Å²) < 4.78 is 10.7. The monoisotopic (exact) mass is 391 g/mol. The Balaban J connectivity index is 2.23. The number of aliphatic carboxylic acids is 1. The zero-order chi connectivity index (χ0) is 19.8. The van der Waals surface area contributed by atoms with Crippen LogP contribution in [-0.2, 0) is 11.3 Å². The van der Waals surface area contributed by atoms with Gasteiger partial charge in [0.1, 0.15) is 0 Å². The van der Waals surface area contributed by atoms with Crippen LogP contribution in [0.25, 0.3) is 0 Å². The molecule has 1 amide bonds. The highest BCUT2D eigenvalue weighted by Crippen LogP contribution is 2.29. The first-order chi connectivity index (χ1) is 13.0. The van der Waals surface area contributed by atoms with Crippen LogP contribution in [0.1, 0.15) is 29.8 Å². The van der Waals surface area contributed by atoms with Gasteiger partial charge < -0.3 is 19.5 Å². The number of carboxylic acid groups (broad SMARTS) is 1. The topological polar surface area (TPSA) is 76.1 Å². The number of carbonyl (C=O) groups excluding carboxylic acids is 1. The molecule has 2 aromatic rings. The Morgan fingerprint density at radius 1 is 1.07 bits per heavy atom. The van der Waals surface area contributed by atoms with E-state index in [4.69, 9.17) is 26.2 Å². The zero-order valence-corrected chi connectivity index (χ0v) is 16.0. The van der Waals surface area contributed by atoms with Crippen LogP contribution < -0.4 is 9.47 Å². The van der Waals surface area contributed by atoms with Crippen molar-refractivity contribution in [3.63, 3.8) is 0 Å². The lowest BCUT2D eigenvalue weighted by Crippen LogP contribution is -2.30. The minimum Gasteiger partial charge on any atom is -0.490 e. The third-order valence-corrected chi connectivity index (χ3v) is 4.20. The lowest BCUT2D eigenvalue weighted by atomic mass is 10.1. The van der Waals surface area contributed by atoms with Crippen molar-refractivity contribution >= 4 is 23.5 Å². The van der Waals surface area contributed by atoms with Crippen LogP contribution in [0.5, 0.6) is 11.5 Å². The largest absolute Gasteiger partial charge is 0.490 e. The predicted octanol–water partition coefficient (Wildman–Crippen LogP) is 3.86. The highest BCUT2D eigenvalue weighted by atomic mass is 35.5. The Labute approximate surface area is 163 Å². The standard InChI is InChI=1S/C20H22ClNO5/c1-3-22(12-15-7-5-6-8-16(15)21)20(25)14-9-10-17(27-13-19(23)24)18(11-14)26-4-2/h5-11H,3-4,12-13H2,1-2H3,(H,23,24). The van der Waals surface area contributed by atoms with Crippen LogP contribution in [0.2, 0.25) is 5.02 Å². The van der Waals surface area contributed by atoms with Crippen molar-refractivity contribution in [1.82, 2.24) is 4.90 Å². The smallest absolute Gasteiger partial charge is 0.341 e. The van der Waals surface area contributed by atoms with Crippen LogP contribution in [0.4, 0.5) is 0 Å². The molecule has 0 saturated heterocycles. The first-order valence-corrected chi connectivity index (χ1v) is 8.98. The van der Waals surface area contributed by atoms with Gasteiger partial charge in [-0.05, 0) is 43.7 Å². The van der Waals surface area contributed by atoms with E-state index in [1.807, 2.05) is 25.1 Å².